The number of likely N-dealkylation sites (tertiary alicyclic amines) is 1. The maximum Gasteiger partial charge on any atom is 0.321 e. The number of hydrogen-bond acceptors (Lipinski definition) is 16. The Bertz CT molecular complexity index is 3450. The van der Waals surface area contributed by atoms with Gasteiger partial charge in [0.05, 0.1) is 34.3 Å². The Morgan fingerprint density at radius 2 is 1.60 bits per heavy atom. The lowest BCUT2D eigenvalue weighted by atomic mass is 10.1. The molecule has 8 N–H and O–H groups in total. The summed E-state index contributed by atoms with van der Waals surface area (Å²) in [4.78, 5) is 110. The molecule has 0 spiro atoms. The predicted molar refractivity (Wildman–Crippen MR) is 277 cm³/mol. The molecule has 75 heavy (non-hydrogen) atoms. The maximum atomic E-state index is 13.9. The predicted octanol–water partition coefficient (Wildman–Crippen LogP) is 2.64. The number of anilines is 1. The fourth-order valence-electron chi connectivity index (χ4n) is 8.70. The summed E-state index contributed by atoms with van der Waals surface area (Å²) in [5.41, 5.74) is 21.6. The van der Waals surface area contributed by atoms with Crippen LogP contribution in [0.5, 0.6) is 5.75 Å². The van der Waals surface area contributed by atoms with Crippen LogP contribution < -0.4 is 27.3 Å². The monoisotopic (exact) mass is 1040 g/mol. The summed E-state index contributed by atoms with van der Waals surface area (Å²) in [5, 5.41) is 21.5. The van der Waals surface area contributed by atoms with Gasteiger partial charge >= 0.3 is 5.97 Å². The number of carbonyl (C=O) groups is 7. The van der Waals surface area contributed by atoms with Crippen molar-refractivity contribution >= 4 is 92.2 Å². The second-order valence-corrected chi connectivity index (χ2v) is 19.0. The fraction of sp³-hybridized carbons (Fsp3) is 0.367. The van der Waals surface area contributed by atoms with E-state index in [9.17, 15) is 33.6 Å². The molecule has 1 unspecified atom stereocenters. The topological polar surface area (TPSA) is 343 Å². The molecule has 7 aromatic rings. The van der Waals surface area contributed by atoms with E-state index in [0.29, 0.717) is 64.3 Å². The molecule has 1 aliphatic heterocycles. The summed E-state index contributed by atoms with van der Waals surface area (Å²) in [5.74, 6) is -3.62. The number of aliphatic carboxylic acids is 1. The molecule has 7 heterocycles. The van der Waals surface area contributed by atoms with E-state index in [1.54, 1.807) is 41.5 Å². The summed E-state index contributed by atoms with van der Waals surface area (Å²) in [6.07, 6.45) is 6.91. The number of allylic oxidation sites excluding steroid dienone is 2. The Morgan fingerprint density at radius 1 is 0.893 bits per heavy atom. The van der Waals surface area contributed by atoms with E-state index >= 15 is 0 Å². The smallest absolute Gasteiger partial charge is 0.321 e. The Morgan fingerprint density at radius 3 is 2.31 bits per heavy atom. The van der Waals surface area contributed by atoms with Gasteiger partial charge in [0.15, 0.2) is 5.82 Å². The first kappa shape index (κ1) is 52.8. The van der Waals surface area contributed by atoms with Gasteiger partial charge in [-0.3, -0.25) is 53.1 Å². The van der Waals surface area contributed by atoms with E-state index < -0.39 is 46.8 Å². The van der Waals surface area contributed by atoms with Crippen molar-refractivity contribution in [3.8, 4) is 17.3 Å². The second-order valence-electron chi connectivity index (χ2n) is 17.8. The standard InChI is InChI=1S/C49H56N16O9S/c1-6-64-34(17-26(3)58-64)43-53-24-31-30-19-29(42(52)69)23-54-44(30)63(45(31)56-43)14-9-8-13-62-40-33(55-49(62)57-46(70)35-18-27(4)59-65(35)7-2)20-28(41(51)68)21-36(40)74-16-10-12-60(5)38(66)11-15-61-39(67)22-37(47(61)71)75-25-32(50)48(72)73/h8-9,17-21,23-24,32,37H,6-7,10-16,22,25,50H2,1-5H3,(H2,51,68)(H2,52,69)(H,72,73)(H,55,57,70)/b9-8+/t32-,37?/m0/s1. The Kier molecular flexibility index (Phi) is 15.7. The van der Waals surface area contributed by atoms with Gasteiger partial charge in [-0.15, -0.1) is 11.8 Å². The number of nitrogens with zero attached hydrogens (tertiary/aromatic N) is 12. The summed E-state index contributed by atoms with van der Waals surface area (Å²) in [6, 6.07) is 7.04. The average molecular weight is 1050 g/mol. The first-order valence-electron chi connectivity index (χ1n) is 24.0. The highest BCUT2D eigenvalue weighted by molar-refractivity contribution is 8.00. The third kappa shape index (κ3) is 11.2. The van der Waals surface area contributed by atoms with Crippen LogP contribution in [0.25, 0.3) is 44.6 Å². The molecule has 25 nitrogen and oxygen atoms in total. The van der Waals surface area contributed by atoms with Crippen molar-refractivity contribution in [1.82, 2.24) is 58.4 Å². The number of amides is 6. The number of rotatable bonds is 23. The highest BCUT2D eigenvalue weighted by Crippen LogP contribution is 2.33. The second kappa shape index (κ2) is 22.3. The quantitative estimate of drug-likeness (QED) is 0.0349. The van der Waals surface area contributed by atoms with E-state index in [4.69, 9.17) is 37.0 Å². The first-order valence-corrected chi connectivity index (χ1v) is 25.1. The van der Waals surface area contributed by atoms with Crippen LogP contribution in [0.2, 0.25) is 0 Å². The maximum absolute atomic E-state index is 13.9. The molecule has 1 saturated heterocycles. The molecule has 0 radical (unpaired) electrons. The lowest BCUT2D eigenvalue weighted by Gasteiger charge is -2.20. The molecule has 0 saturated carbocycles. The van der Waals surface area contributed by atoms with Crippen LogP contribution >= 0.6 is 11.8 Å². The van der Waals surface area contributed by atoms with Crippen molar-refractivity contribution in [3.63, 3.8) is 0 Å². The zero-order chi connectivity index (χ0) is 53.8. The van der Waals surface area contributed by atoms with Crippen molar-refractivity contribution in [2.45, 2.75) is 84.4 Å². The van der Waals surface area contributed by atoms with Crippen molar-refractivity contribution in [3.05, 3.63) is 83.1 Å². The summed E-state index contributed by atoms with van der Waals surface area (Å²) in [7, 11) is 1.58. The van der Waals surface area contributed by atoms with E-state index in [2.05, 4.69) is 25.5 Å². The molecule has 392 valence electrons. The van der Waals surface area contributed by atoms with Gasteiger partial charge in [-0.1, -0.05) is 12.2 Å². The number of pyridine rings is 1. The van der Waals surface area contributed by atoms with Crippen molar-refractivity contribution in [2.24, 2.45) is 17.2 Å². The summed E-state index contributed by atoms with van der Waals surface area (Å²) >= 11 is 1.00. The van der Waals surface area contributed by atoms with Crippen LogP contribution in [-0.2, 0) is 45.4 Å². The number of nitrogens with two attached hydrogens (primary N) is 3. The molecule has 8 rings (SSSR count). The number of aryl methyl sites for hydroxylation is 4. The number of nitrogens with one attached hydrogen (secondary N) is 1. The number of thioether (sulfide) groups is 1. The third-order valence-electron chi connectivity index (χ3n) is 12.5. The molecule has 1 fully saturated rings. The number of primary amides is 2. The molecule has 1 aromatic carbocycles. The minimum absolute atomic E-state index is 0.0461. The average Bonchev–Trinajstić information content (AvgIpc) is 4.20. The molecule has 1 aliphatic rings. The lowest BCUT2D eigenvalue weighted by Crippen LogP contribution is -2.37. The van der Waals surface area contributed by atoms with Crippen LogP contribution in [0, 0.1) is 13.8 Å². The van der Waals surface area contributed by atoms with Gasteiger partial charge < -0.3 is 41.1 Å². The lowest BCUT2D eigenvalue weighted by molar-refractivity contribution is -0.140. The van der Waals surface area contributed by atoms with Gasteiger partial charge in [0.2, 0.25) is 35.5 Å². The number of aromatic nitrogens is 10. The molecule has 0 bridgehead atoms. The number of carboxylic acid groups (broad SMARTS) is 1. The number of ether oxygens (including phenoxy) is 1. The molecular formula is C49H56N16O9S. The highest BCUT2D eigenvalue weighted by atomic mass is 32.2. The molecule has 0 aliphatic carbocycles. The van der Waals surface area contributed by atoms with Gasteiger partial charge in [-0.05, 0) is 64.4 Å². The van der Waals surface area contributed by atoms with E-state index in [-0.39, 0.29) is 85.6 Å². The number of carboxylic acids is 1. The summed E-state index contributed by atoms with van der Waals surface area (Å²) in [6.45, 7) is 9.02. The molecule has 26 heteroatoms. The van der Waals surface area contributed by atoms with Crippen molar-refractivity contribution in [2.75, 3.05) is 37.8 Å². The number of imidazole rings is 1. The molecule has 6 amide bonds. The summed E-state index contributed by atoms with van der Waals surface area (Å²) < 4.78 is 13.3. The Labute approximate surface area is 432 Å². The number of carbonyl (C=O) groups excluding carboxylic acids is 6. The fourth-order valence-corrected chi connectivity index (χ4v) is 9.82. The largest absolute Gasteiger partial charge is 0.491 e. The molecular weight excluding hydrogens is 989 g/mol. The minimum atomic E-state index is -1.21. The van der Waals surface area contributed by atoms with Gasteiger partial charge in [0, 0.05) is 93.6 Å². The van der Waals surface area contributed by atoms with Crippen molar-refractivity contribution < 1.29 is 43.4 Å². The molecule has 2 atom stereocenters. The van der Waals surface area contributed by atoms with Gasteiger partial charge in [0.25, 0.3) is 5.91 Å². The van der Waals surface area contributed by atoms with E-state index in [1.807, 2.05) is 48.2 Å². The zero-order valence-electron chi connectivity index (χ0n) is 41.8. The zero-order valence-corrected chi connectivity index (χ0v) is 42.7. The van der Waals surface area contributed by atoms with E-state index in [1.165, 1.54) is 23.2 Å². The van der Waals surface area contributed by atoms with Gasteiger partial charge in [-0.2, -0.15) is 10.2 Å². The number of imide groups is 1. The van der Waals surface area contributed by atoms with Crippen LogP contribution in [0.15, 0.2) is 54.9 Å². The minimum Gasteiger partial charge on any atom is -0.491 e. The highest BCUT2D eigenvalue weighted by Gasteiger charge is 2.39. The van der Waals surface area contributed by atoms with Crippen molar-refractivity contribution in [1.29, 1.82) is 0 Å². The number of benzene rings is 1. The Balaban J connectivity index is 1.05. The number of hydrogen-bond donors (Lipinski definition) is 5. The first-order chi connectivity index (χ1) is 35.9. The van der Waals surface area contributed by atoms with Crippen LogP contribution in [0.1, 0.15) is 75.7 Å². The molecule has 6 aromatic heterocycles. The van der Waals surface area contributed by atoms with Crippen LogP contribution in [-0.4, -0.2) is 149 Å². The van der Waals surface area contributed by atoms with Gasteiger partial charge in [-0.25, -0.2) is 19.9 Å². The van der Waals surface area contributed by atoms with Crippen LogP contribution in [0.4, 0.5) is 5.95 Å². The van der Waals surface area contributed by atoms with Gasteiger partial charge in [0.1, 0.15) is 40.0 Å². The van der Waals surface area contributed by atoms with E-state index in [0.717, 1.165) is 28.0 Å². The third-order valence-corrected chi connectivity index (χ3v) is 13.8. The van der Waals surface area contributed by atoms with Crippen LogP contribution in [0.3, 0.4) is 0 Å². The number of fused-ring (bicyclic) bond motifs is 4. The SMILES string of the molecule is CCn1nc(C)cc1C(=O)Nc1nc2cc(C(N)=O)cc(OCCCN(C)C(=O)CCN3C(=O)CC(SC[C@H](N)C(=O)O)C3=O)c2n1C/C=C/Cn1c2ncc(C(N)=O)cc2c2cnc(-c3cc(C)nn3CC)nc21. The normalized spacial score (nSPS) is 14.2. The Hall–Kier alpha value is -8.52.